The lowest BCUT2D eigenvalue weighted by Crippen LogP contribution is -2.47. The Labute approximate surface area is 159 Å². The van der Waals surface area contributed by atoms with Gasteiger partial charge in [0.2, 0.25) is 0 Å². The molecule has 1 saturated heterocycles. The molecule has 148 valence electrons. The van der Waals surface area contributed by atoms with Gasteiger partial charge in [0, 0.05) is 18.7 Å². The topological polar surface area (TPSA) is 66.8 Å². The molecule has 8 heteroatoms. The zero-order chi connectivity index (χ0) is 20.4. The van der Waals surface area contributed by atoms with Crippen LogP contribution in [0.1, 0.15) is 22.3 Å². The lowest BCUT2D eigenvalue weighted by Gasteiger charge is -2.27. The highest BCUT2D eigenvalue weighted by molar-refractivity contribution is 5.95. The van der Waals surface area contributed by atoms with Gasteiger partial charge in [-0.15, -0.1) is 0 Å². The summed E-state index contributed by atoms with van der Waals surface area (Å²) in [5.41, 5.74) is -1.92. The lowest BCUT2D eigenvalue weighted by atomic mass is 9.86. The number of carbonyl (C=O) groups excluding carboxylic acids is 1. The number of carboxylic acids is 1. The van der Waals surface area contributed by atoms with E-state index in [4.69, 9.17) is 9.84 Å². The normalized spacial score (nSPS) is 19.5. The summed E-state index contributed by atoms with van der Waals surface area (Å²) in [7, 11) is 0. The first-order valence-electron chi connectivity index (χ1n) is 8.59. The molecular weight excluding hydrogens is 375 g/mol. The fourth-order valence-electron chi connectivity index (χ4n) is 3.12. The third-order valence-corrected chi connectivity index (χ3v) is 4.86. The summed E-state index contributed by atoms with van der Waals surface area (Å²) >= 11 is 0. The van der Waals surface area contributed by atoms with Crippen molar-refractivity contribution in [2.24, 2.45) is 5.41 Å². The van der Waals surface area contributed by atoms with Crippen molar-refractivity contribution in [1.82, 2.24) is 4.90 Å². The van der Waals surface area contributed by atoms with Crippen molar-refractivity contribution in [3.05, 3.63) is 65.7 Å². The Morgan fingerprint density at radius 3 is 2.25 bits per heavy atom. The van der Waals surface area contributed by atoms with Crippen molar-refractivity contribution in [1.29, 1.82) is 0 Å². The predicted molar refractivity (Wildman–Crippen MR) is 93.9 cm³/mol. The molecule has 2 aromatic carbocycles. The summed E-state index contributed by atoms with van der Waals surface area (Å²) in [6.45, 7) is -0.870. The summed E-state index contributed by atoms with van der Waals surface area (Å²) in [4.78, 5) is 24.7. The average molecular weight is 393 g/mol. The van der Waals surface area contributed by atoms with Crippen molar-refractivity contribution >= 4 is 11.9 Å². The minimum absolute atomic E-state index is 0.201. The molecule has 1 heterocycles. The third-order valence-electron chi connectivity index (χ3n) is 4.86. The third kappa shape index (κ3) is 3.81. The molecule has 0 bridgehead atoms. The monoisotopic (exact) mass is 393 g/mol. The summed E-state index contributed by atoms with van der Waals surface area (Å²) in [6.07, 6.45) is -5.58. The van der Waals surface area contributed by atoms with Crippen LogP contribution in [0.4, 0.5) is 13.2 Å². The molecular formula is C20H18F3NO4. The molecule has 1 unspecified atom stereocenters. The second kappa shape index (κ2) is 7.53. The number of hydrogen-bond acceptors (Lipinski definition) is 3. The quantitative estimate of drug-likeness (QED) is 0.840. The molecule has 1 atom stereocenters. The van der Waals surface area contributed by atoms with E-state index < -0.39 is 36.4 Å². The van der Waals surface area contributed by atoms with Crippen LogP contribution >= 0.6 is 0 Å². The number of carbonyl (C=O) groups is 2. The number of ether oxygens (including phenoxy) is 1. The van der Waals surface area contributed by atoms with Crippen LogP contribution in [-0.4, -0.2) is 41.1 Å². The molecule has 1 fully saturated rings. The van der Waals surface area contributed by atoms with Crippen LogP contribution in [-0.2, 0) is 11.4 Å². The van der Waals surface area contributed by atoms with Gasteiger partial charge in [0.05, 0.1) is 0 Å². The van der Waals surface area contributed by atoms with Crippen LogP contribution in [0.5, 0.6) is 5.75 Å². The second-order valence-electron chi connectivity index (χ2n) is 6.66. The number of carboxylic acid groups (broad SMARTS) is 1. The second-order valence-corrected chi connectivity index (χ2v) is 6.66. The molecule has 0 saturated carbocycles. The number of rotatable bonds is 5. The van der Waals surface area contributed by atoms with Crippen LogP contribution in [0.3, 0.4) is 0 Å². The molecule has 3 rings (SSSR count). The molecule has 1 aliphatic heterocycles. The molecule has 0 radical (unpaired) electrons. The standard InChI is InChI=1S/C20H18F3NO4/c21-20(22,23)19(18(26)27)10-11-24(13-19)17(25)15-8-6-14(7-9-15)12-28-16-4-2-1-3-5-16/h1-9H,10-13H2,(H,26,27). The zero-order valence-corrected chi connectivity index (χ0v) is 14.8. The fraction of sp³-hybridized carbons (Fsp3) is 0.300. The first kappa shape index (κ1) is 19.7. The van der Waals surface area contributed by atoms with E-state index in [0.29, 0.717) is 5.75 Å². The van der Waals surface area contributed by atoms with Gasteiger partial charge in [0.15, 0.2) is 5.41 Å². The summed E-state index contributed by atoms with van der Waals surface area (Å²) < 4.78 is 45.4. The fourth-order valence-corrected chi connectivity index (χ4v) is 3.12. The summed E-state index contributed by atoms with van der Waals surface area (Å²) in [5.74, 6) is -1.89. The van der Waals surface area contributed by atoms with Gasteiger partial charge in [-0.1, -0.05) is 30.3 Å². The van der Waals surface area contributed by atoms with Crippen LogP contribution < -0.4 is 4.74 Å². The highest BCUT2D eigenvalue weighted by atomic mass is 19.4. The number of para-hydroxylation sites is 1. The minimum Gasteiger partial charge on any atom is -0.489 e. The number of nitrogens with zero attached hydrogens (tertiary/aromatic N) is 1. The molecule has 1 N–H and O–H groups in total. The van der Waals surface area contributed by atoms with E-state index in [1.807, 2.05) is 18.2 Å². The Kier molecular flexibility index (Phi) is 5.31. The molecule has 28 heavy (non-hydrogen) atoms. The number of amides is 1. The largest absolute Gasteiger partial charge is 0.489 e. The van der Waals surface area contributed by atoms with Crippen LogP contribution in [0, 0.1) is 5.41 Å². The number of benzene rings is 2. The van der Waals surface area contributed by atoms with Gasteiger partial charge in [0.25, 0.3) is 5.91 Å². The van der Waals surface area contributed by atoms with Crippen molar-refractivity contribution in [3.8, 4) is 5.75 Å². The maximum atomic E-state index is 13.3. The maximum absolute atomic E-state index is 13.3. The van der Waals surface area contributed by atoms with Crippen LogP contribution in [0.15, 0.2) is 54.6 Å². The van der Waals surface area contributed by atoms with Gasteiger partial charge < -0.3 is 14.7 Å². The maximum Gasteiger partial charge on any atom is 0.406 e. The first-order chi connectivity index (χ1) is 13.2. The number of hydrogen-bond donors (Lipinski definition) is 1. The molecule has 1 aliphatic rings. The molecule has 2 aromatic rings. The van der Waals surface area contributed by atoms with Crippen molar-refractivity contribution in [3.63, 3.8) is 0 Å². The van der Waals surface area contributed by atoms with E-state index in [0.717, 1.165) is 10.5 Å². The van der Waals surface area contributed by atoms with Crippen LogP contribution in [0.25, 0.3) is 0 Å². The van der Waals surface area contributed by atoms with Gasteiger partial charge in [-0.2, -0.15) is 13.2 Å². The highest BCUT2D eigenvalue weighted by Gasteiger charge is 2.64. The SMILES string of the molecule is O=C(c1ccc(COc2ccccc2)cc1)N1CCC(C(=O)O)(C(F)(F)F)C1. The lowest BCUT2D eigenvalue weighted by molar-refractivity contribution is -0.227. The minimum atomic E-state index is -4.92. The molecule has 0 spiro atoms. The summed E-state index contributed by atoms with van der Waals surface area (Å²) in [5, 5.41) is 9.09. The van der Waals surface area contributed by atoms with Gasteiger partial charge >= 0.3 is 12.1 Å². The van der Waals surface area contributed by atoms with Crippen LogP contribution in [0.2, 0.25) is 0 Å². The van der Waals surface area contributed by atoms with E-state index in [-0.39, 0.29) is 18.7 Å². The Balaban J connectivity index is 1.66. The number of likely N-dealkylation sites (tertiary alicyclic amines) is 1. The molecule has 0 aliphatic carbocycles. The Morgan fingerprint density at radius 2 is 1.71 bits per heavy atom. The summed E-state index contributed by atoms with van der Waals surface area (Å²) in [6, 6.07) is 15.5. The Hall–Kier alpha value is -3.03. The smallest absolute Gasteiger partial charge is 0.406 e. The molecule has 1 amide bonds. The highest BCUT2D eigenvalue weighted by Crippen LogP contribution is 2.46. The van der Waals surface area contributed by atoms with E-state index in [1.54, 1.807) is 24.3 Å². The number of aliphatic carboxylic acids is 1. The van der Waals surface area contributed by atoms with Gasteiger partial charge in [-0.3, -0.25) is 9.59 Å². The Bertz CT molecular complexity index is 852. The number of alkyl halides is 3. The van der Waals surface area contributed by atoms with E-state index >= 15 is 0 Å². The molecule has 5 nitrogen and oxygen atoms in total. The predicted octanol–water partition coefficient (Wildman–Crippen LogP) is 3.74. The van der Waals surface area contributed by atoms with Gasteiger partial charge in [0.1, 0.15) is 12.4 Å². The average Bonchev–Trinajstić information content (AvgIpc) is 3.14. The van der Waals surface area contributed by atoms with Gasteiger partial charge in [-0.05, 0) is 36.2 Å². The zero-order valence-electron chi connectivity index (χ0n) is 14.8. The van der Waals surface area contributed by atoms with E-state index in [1.165, 1.54) is 12.1 Å². The van der Waals surface area contributed by atoms with Crippen molar-refractivity contribution < 1.29 is 32.6 Å². The van der Waals surface area contributed by atoms with E-state index in [9.17, 15) is 22.8 Å². The van der Waals surface area contributed by atoms with E-state index in [2.05, 4.69) is 0 Å². The Morgan fingerprint density at radius 1 is 1.07 bits per heavy atom. The first-order valence-corrected chi connectivity index (χ1v) is 8.59. The molecule has 0 aromatic heterocycles. The van der Waals surface area contributed by atoms with Gasteiger partial charge in [-0.25, -0.2) is 0 Å². The van der Waals surface area contributed by atoms with Crippen molar-refractivity contribution in [2.75, 3.05) is 13.1 Å². The number of halogens is 3. The van der Waals surface area contributed by atoms with Crippen molar-refractivity contribution in [2.45, 2.75) is 19.2 Å².